The SMILES string of the molecule is C=C(C)C(=O)OCCCC(CCCOC(=O)C(=C)C)(CCCC(=O)O)C(=O)O. The molecule has 0 heterocycles. The number of rotatable bonds is 15. The zero-order chi connectivity index (χ0) is 21.7. The van der Waals surface area contributed by atoms with Crippen LogP contribution in [-0.4, -0.2) is 47.3 Å². The van der Waals surface area contributed by atoms with Crippen molar-refractivity contribution in [2.45, 2.75) is 58.8 Å². The minimum Gasteiger partial charge on any atom is -0.481 e. The van der Waals surface area contributed by atoms with Gasteiger partial charge in [-0.3, -0.25) is 9.59 Å². The molecule has 0 unspecified atom stereocenters. The quantitative estimate of drug-likeness (QED) is 0.245. The van der Waals surface area contributed by atoms with Gasteiger partial charge in [0.2, 0.25) is 0 Å². The number of hydrogen-bond donors (Lipinski definition) is 2. The van der Waals surface area contributed by atoms with Crippen molar-refractivity contribution in [2.24, 2.45) is 5.41 Å². The van der Waals surface area contributed by atoms with Crippen LogP contribution in [0.15, 0.2) is 24.3 Å². The van der Waals surface area contributed by atoms with Crippen LogP contribution in [0.3, 0.4) is 0 Å². The topological polar surface area (TPSA) is 127 Å². The van der Waals surface area contributed by atoms with E-state index in [2.05, 4.69) is 13.2 Å². The Labute approximate surface area is 165 Å². The zero-order valence-corrected chi connectivity index (χ0v) is 16.6. The number of hydrogen-bond acceptors (Lipinski definition) is 6. The highest BCUT2D eigenvalue weighted by atomic mass is 16.5. The molecule has 0 atom stereocenters. The van der Waals surface area contributed by atoms with Gasteiger partial charge < -0.3 is 19.7 Å². The molecule has 0 aromatic rings. The molecule has 28 heavy (non-hydrogen) atoms. The van der Waals surface area contributed by atoms with Gasteiger partial charge in [-0.25, -0.2) is 9.59 Å². The van der Waals surface area contributed by atoms with E-state index in [4.69, 9.17) is 14.6 Å². The first-order chi connectivity index (χ1) is 13.0. The molecule has 0 amide bonds. The maximum absolute atomic E-state index is 12.0. The predicted molar refractivity (Wildman–Crippen MR) is 102 cm³/mol. The Morgan fingerprint density at radius 3 is 1.50 bits per heavy atom. The number of carbonyl (C=O) groups is 4. The molecule has 158 valence electrons. The zero-order valence-electron chi connectivity index (χ0n) is 16.6. The molecule has 8 heteroatoms. The van der Waals surface area contributed by atoms with E-state index >= 15 is 0 Å². The molecule has 0 radical (unpaired) electrons. The molecule has 0 aromatic heterocycles. The minimum atomic E-state index is -1.18. The number of esters is 2. The van der Waals surface area contributed by atoms with Crippen molar-refractivity contribution in [3.8, 4) is 0 Å². The first-order valence-corrected chi connectivity index (χ1v) is 9.12. The lowest BCUT2D eigenvalue weighted by Gasteiger charge is -2.29. The lowest BCUT2D eigenvalue weighted by Crippen LogP contribution is -2.32. The van der Waals surface area contributed by atoms with Crippen molar-refractivity contribution in [1.82, 2.24) is 0 Å². The molecule has 0 rings (SSSR count). The molecule has 0 aromatic carbocycles. The molecule has 0 bridgehead atoms. The van der Waals surface area contributed by atoms with Gasteiger partial charge in [-0.1, -0.05) is 13.2 Å². The van der Waals surface area contributed by atoms with Crippen molar-refractivity contribution in [3.63, 3.8) is 0 Å². The van der Waals surface area contributed by atoms with E-state index < -0.39 is 29.3 Å². The molecular formula is C20H30O8. The summed E-state index contributed by atoms with van der Waals surface area (Å²) in [5, 5.41) is 18.6. The smallest absolute Gasteiger partial charge is 0.333 e. The molecule has 0 spiro atoms. The van der Waals surface area contributed by atoms with Crippen LogP contribution in [0.25, 0.3) is 0 Å². The van der Waals surface area contributed by atoms with Gasteiger partial charge in [-0.05, 0) is 52.4 Å². The summed E-state index contributed by atoms with van der Waals surface area (Å²) >= 11 is 0. The number of carbonyl (C=O) groups excluding carboxylic acids is 2. The molecule has 0 aliphatic heterocycles. The van der Waals surface area contributed by atoms with Gasteiger partial charge in [-0.15, -0.1) is 0 Å². The second kappa shape index (κ2) is 12.7. The average Bonchev–Trinajstić information content (AvgIpc) is 2.60. The van der Waals surface area contributed by atoms with Crippen LogP contribution in [0.2, 0.25) is 0 Å². The van der Waals surface area contributed by atoms with Crippen molar-refractivity contribution in [2.75, 3.05) is 13.2 Å². The van der Waals surface area contributed by atoms with E-state index in [1.165, 1.54) is 13.8 Å². The Bertz CT molecular complexity index is 571. The highest BCUT2D eigenvalue weighted by molar-refractivity contribution is 5.87. The van der Waals surface area contributed by atoms with Crippen LogP contribution in [0.4, 0.5) is 0 Å². The fraction of sp³-hybridized carbons (Fsp3) is 0.600. The third-order valence-electron chi connectivity index (χ3n) is 4.26. The summed E-state index contributed by atoms with van der Waals surface area (Å²) in [4.78, 5) is 45.6. The van der Waals surface area contributed by atoms with Crippen molar-refractivity contribution >= 4 is 23.9 Å². The summed E-state index contributed by atoms with van der Waals surface area (Å²) in [5.41, 5.74) is -0.670. The molecule has 0 saturated carbocycles. The Hall–Kier alpha value is -2.64. The van der Waals surface area contributed by atoms with Crippen LogP contribution < -0.4 is 0 Å². The monoisotopic (exact) mass is 398 g/mol. The van der Waals surface area contributed by atoms with E-state index in [-0.39, 0.29) is 56.5 Å². The lowest BCUT2D eigenvalue weighted by molar-refractivity contribution is -0.152. The first kappa shape index (κ1) is 25.4. The highest BCUT2D eigenvalue weighted by Gasteiger charge is 2.37. The van der Waals surface area contributed by atoms with E-state index in [0.717, 1.165) is 0 Å². The molecule has 0 aliphatic carbocycles. The van der Waals surface area contributed by atoms with Crippen molar-refractivity contribution < 1.29 is 38.9 Å². The van der Waals surface area contributed by atoms with E-state index in [1.807, 2.05) is 0 Å². The first-order valence-electron chi connectivity index (χ1n) is 9.12. The normalized spacial score (nSPS) is 10.8. The van der Waals surface area contributed by atoms with Crippen LogP contribution in [0, 0.1) is 5.41 Å². The fourth-order valence-electron chi connectivity index (χ4n) is 2.67. The summed E-state index contributed by atoms with van der Waals surface area (Å²) in [7, 11) is 0. The number of carboxylic acids is 2. The maximum Gasteiger partial charge on any atom is 0.333 e. The Kier molecular flexibility index (Phi) is 11.5. The second-order valence-electron chi connectivity index (χ2n) is 6.87. The Balaban J connectivity index is 4.88. The van der Waals surface area contributed by atoms with E-state index in [1.54, 1.807) is 0 Å². The Morgan fingerprint density at radius 2 is 1.18 bits per heavy atom. The Morgan fingerprint density at radius 1 is 0.786 bits per heavy atom. The van der Waals surface area contributed by atoms with Gasteiger partial charge in [0.05, 0.1) is 18.6 Å². The summed E-state index contributed by atoms with van der Waals surface area (Å²) in [6, 6.07) is 0. The van der Waals surface area contributed by atoms with Gasteiger partial charge in [0.25, 0.3) is 0 Å². The second-order valence-corrected chi connectivity index (χ2v) is 6.87. The number of carboxylic acid groups (broad SMARTS) is 2. The maximum atomic E-state index is 12.0. The van der Waals surface area contributed by atoms with Gasteiger partial charge in [0.1, 0.15) is 0 Å². The predicted octanol–water partition coefficient (Wildman–Crippen LogP) is 3.11. The van der Waals surface area contributed by atoms with Crippen LogP contribution in [-0.2, 0) is 28.7 Å². The van der Waals surface area contributed by atoms with Gasteiger partial charge >= 0.3 is 23.9 Å². The van der Waals surface area contributed by atoms with Crippen LogP contribution in [0.5, 0.6) is 0 Å². The summed E-state index contributed by atoms with van der Waals surface area (Å²) in [5.74, 6) is -3.13. The van der Waals surface area contributed by atoms with Crippen LogP contribution >= 0.6 is 0 Å². The molecule has 0 aliphatic rings. The largest absolute Gasteiger partial charge is 0.481 e. The number of aliphatic carboxylic acids is 2. The third kappa shape index (κ3) is 9.89. The minimum absolute atomic E-state index is 0.0459. The van der Waals surface area contributed by atoms with E-state index in [0.29, 0.717) is 12.8 Å². The molecule has 2 N–H and O–H groups in total. The van der Waals surface area contributed by atoms with Gasteiger partial charge in [-0.2, -0.15) is 0 Å². The third-order valence-corrected chi connectivity index (χ3v) is 4.26. The summed E-state index contributed by atoms with van der Waals surface area (Å²) < 4.78 is 10.0. The molecular weight excluding hydrogens is 368 g/mol. The van der Waals surface area contributed by atoms with Crippen molar-refractivity contribution in [3.05, 3.63) is 24.3 Å². The molecule has 8 nitrogen and oxygen atoms in total. The van der Waals surface area contributed by atoms with Gasteiger partial charge in [0, 0.05) is 17.6 Å². The van der Waals surface area contributed by atoms with Gasteiger partial charge in [0.15, 0.2) is 0 Å². The van der Waals surface area contributed by atoms with E-state index in [9.17, 15) is 24.3 Å². The molecule has 0 saturated heterocycles. The summed E-state index contributed by atoms with van der Waals surface area (Å²) in [6.07, 6.45) is 1.27. The standard InChI is InChI=1S/C20H30O8/c1-14(2)17(23)27-12-6-10-20(19(25)26,9-5-8-16(21)22)11-7-13-28-18(24)15(3)4/h1,3,5-13H2,2,4H3,(H,21,22)(H,25,26). The lowest BCUT2D eigenvalue weighted by atomic mass is 9.75. The van der Waals surface area contributed by atoms with Crippen molar-refractivity contribution in [1.29, 1.82) is 0 Å². The summed E-state index contributed by atoms with van der Waals surface area (Å²) in [6.45, 7) is 10.1. The molecule has 0 fully saturated rings. The average molecular weight is 398 g/mol. The number of ether oxygens (including phenoxy) is 2. The van der Waals surface area contributed by atoms with Crippen LogP contribution in [0.1, 0.15) is 58.8 Å². The highest BCUT2D eigenvalue weighted by Crippen LogP contribution is 2.36. The fourth-order valence-corrected chi connectivity index (χ4v) is 2.67.